The number of carbonyl (C=O) groups excluding carboxylic acids is 1. The molecule has 0 aliphatic carbocycles. The van der Waals surface area contributed by atoms with Gasteiger partial charge in [-0.3, -0.25) is 9.78 Å². The smallest absolute Gasteiger partial charge is 0.253 e. The molecule has 1 amide bonds. The van der Waals surface area contributed by atoms with Crippen LogP contribution in [0.1, 0.15) is 28.8 Å². The van der Waals surface area contributed by atoms with Crippen molar-refractivity contribution in [3.8, 4) is 0 Å². The van der Waals surface area contributed by atoms with Gasteiger partial charge in [0.1, 0.15) is 5.82 Å². The number of aryl methyl sites for hydroxylation is 1. The molecule has 5 nitrogen and oxygen atoms in total. The Kier molecular flexibility index (Phi) is 4.91. The van der Waals surface area contributed by atoms with Crippen LogP contribution < -0.4 is 10.2 Å². The van der Waals surface area contributed by atoms with Crippen LogP contribution in [0, 0.1) is 6.92 Å². The monoisotopic (exact) mass is 374 g/mol. The van der Waals surface area contributed by atoms with Crippen molar-refractivity contribution in [3.05, 3.63) is 52.4 Å². The van der Waals surface area contributed by atoms with Gasteiger partial charge in [0.2, 0.25) is 0 Å². The molecule has 0 atom stereocenters. The Labute approximate surface area is 144 Å². The van der Waals surface area contributed by atoms with Gasteiger partial charge in [0, 0.05) is 42.2 Å². The second kappa shape index (κ2) is 7.08. The number of hydrogen-bond acceptors (Lipinski definition) is 4. The Hall–Kier alpha value is -1.95. The number of piperidine rings is 1. The van der Waals surface area contributed by atoms with E-state index in [9.17, 15) is 4.79 Å². The lowest BCUT2D eigenvalue weighted by atomic mass is 10.0. The second-order valence-corrected chi connectivity index (χ2v) is 6.69. The Morgan fingerprint density at radius 2 is 2.13 bits per heavy atom. The molecule has 1 aliphatic rings. The Morgan fingerprint density at radius 3 is 2.78 bits per heavy atom. The van der Waals surface area contributed by atoms with Crippen LogP contribution in [0.2, 0.25) is 0 Å². The van der Waals surface area contributed by atoms with Crippen LogP contribution in [0.3, 0.4) is 0 Å². The largest absolute Gasteiger partial charge is 0.356 e. The highest BCUT2D eigenvalue weighted by Crippen LogP contribution is 2.24. The summed E-state index contributed by atoms with van der Waals surface area (Å²) >= 11 is 3.45. The third-order valence-corrected chi connectivity index (χ3v) is 4.50. The number of pyridine rings is 2. The van der Waals surface area contributed by atoms with Crippen molar-refractivity contribution in [2.45, 2.75) is 25.8 Å². The summed E-state index contributed by atoms with van der Waals surface area (Å²) in [6, 6.07) is 5.85. The molecule has 2 aromatic heterocycles. The van der Waals surface area contributed by atoms with Crippen molar-refractivity contribution in [1.29, 1.82) is 0 Å². The highest BCUT2D eigenvalue weighted by molar-refractivity contribution is 9.10. The minimum Gasteiger partial charge on any atom is -0.356 e. The number of halogens is 1. The minimum atomic E-state index is -0.0468. The molecular formula is C17H19BrN4O. The molecule has 1 aliphatic heterocycles. The maximum atomic E-state index is 12.2. The zero-order valence-corrected chi connectivity index (χ0v) is 14.6. The van der Waals surface area contributed by atoms with E-state index in [1.807, 2.05) is 6.20 Å². The lowest BCUT2D eigenvalue weighted by Crippen LogP contribution is -2.45. The SMILES string of the molecule is Cc1cc(Br)cnc1N1CCC(NC(=O)c2cccnc2)CC1. The third-order valence-electron chi connectivity index (χ3n) is 4.07. The molecule has 1 fully saturated rings. The first-order valence-corrected chi connectivity index (χ1v) is 8.51. The molecule has 6 heteroatoms. The van der Waals surface area contributed by atoms with E-state index in [1.54, 1.807) is 24.5 Å². The van der Waals surface area contributed by atoms with Gasteiger partial charge < -0.3 is 10.2 Å². The van der Waals surface area contributed by atoms with Crippen molar-refractivity contribution < 1.29 is 4.79 Å². The van der Waals surface area contributed by atoms with Gasteiger partial charge >= 0.3 is 0 Å². The lowest BCUT2D eigenvalue weighted by molar-refractivity contribution is 0.0930. The fourth-order valence-electron chi connectivity index (χ4n) is 2.87. The van der Waals surface area contributed by atoms with E-state index in [1.165, 1.54) is 0 Å². The molecule has 0 spiro atoms. The number of carbonyl (C=O) groups is 1. The molecule has 0 saturated carbocycles. The van der Waals surface area contributed by atoms with E-state index in [0.717, 1.165) is 41.8 Å². The molecule has 2 aromatic rings. The van der Waals surface area contributed by atoms with E-state index in [0.29, 0.717) is 5.56 Å². The van der Waals surface area contributed by atoms with Gasteiger partial charge in [-0.1, -0.05) is 0 Å². The fourth-order valence-corrected chi connectivity index (χ4v) is 3.31. The van der Waals surface area contributed by atoms with Gasteiger partial charge in [0.05, 0.1) is 5.56 Å². The van der Waals surface area contributed by atoms with Crippen LogP contribution in [0.25, 0.3) is 0 Å². The summed E-state index contributed by atoms with van der Waals surface area (Å²) in [5.74, 6) is 0.986. The molecule has 23 heavy (non-hydrogen) atoms. The highest BCUT2D eigenvalue weighted by Gasteiger charge is 2.22. The number of rotatable bonds is 3. The van der Waals surface area contributed by atoms with Gasteiger partial charge in [-0.2, -0.15) is 0 Å². The van der Waals surface area contributed by atoms with E-state index in [-0.39, 0.29) is 11.9 Å². The first-order chi connectivity index (χ1) is 11.1. The molecule has 120 valence electrons. The van der Waals surface area contributed by atoms with E-state index in [2.05, 4.69) is 49.1 Å². The molecule has 0 radical (unpaired) electrons. The quantitative estimate of drug-likeness (QED) is 0.896. The highest BCUT2D eigenvalue weighted by atomic mass is 79.9. The molecular weight excluding hydrogens is 356 g/mol. The summed E-state index contributed by atoms with van der Waals surface area (Å²) in [6.07, 6.45) is 6.94. The summed E-state index contributed by atoms with van der Waals surface area (Å²) in [4.78, 5) is 23.0. The average Bonchev–Trinajstić information content (AvgIpc) is 2.57. The lowest BCUT2D eigenvalue weighted by Gasteiger charge is -2.34. The topological polar surface area (TPSA) is 58.1 Å². The number of nitrogens with one attached hydrogen (secondary N) is 1. The summed E-state index contributed by atoms with van der Waals surface area (Å²) < 4.78 is 0.998. The van der Waals surface area contributed by atoms with Gasteiger partial charge in [0.25, 0.3) is 5.91 Å². The summed E-state index contributed by atoms with van der Waals surface area (Å²) in [6.45, 7) is 3.87. The van der Waals surface area contributed by atoms with Crippen LogP contribution in [0.15, 0.2) is 41.3 Å². The first kappa shape index (κ1) is 15.9. The minimum absolute atomic E-state index is 0.0468. The van der Waals surface area contributed by atoms with Crippen molar-refractivity contribution in [2.24, 2.45) is 0 Å². The van der Waals surface area contributed by atoms with Crippen molar-refractivity contribution in [3.63, 3.8) is 0 Å². The average molecular weight is 375 g/mol. The zero-order chi connectivity index (χ0) is 16.2. The summed E-state index contributed by atoms with van der Waals surface area (Å²) in [5.41, 5.74) is 1.78. The molecule has 0 unspecified atom stereocenters. The van der Waals surface area contributed by atoms with Crippen LogP contribution in [0.5, 0.6) is 0 Å². The van der Waals surface area contributed by atoms with Crippen molar-refractivity contribution >= 4 is 27.7 Å². The van der Waals surface area contributed by atoms with Gasteiger partial charge in [-0.05, 0) is 59.5 Å². The van der Waals surface area contributed by atoms with Crippen molar-refractivity contribution in [2.75, 3.05) is 18.0 Å². The third kappa shape index (κ3) is 3.88. The fraction of sp³-hybridized carbons (Fsp3) is 0.353. The molecule has 1 N–H and O–H groups in total. The summed E-state index contributed by atoms with van der Waals surface area (Å²) in [5, 5.41) is 3.10. The van der Waals surface area contributed by atoms with Crippen LogP contribution in [-0.2, 0) is 0 Å². The van der Waals surface area contributed by atoms with E-state index >= 15 is 0 Å². The zero-order valence-electron chi connectivity index (χ0n) is 13.0. The molecule has 1 saturated heterocycles. The number of anilines is 1. The Bertz CT molecular complexity index is 684. The van der Waals surface area contributed by atoms with E-state index in [4.69, 9.17) is 0 Å². The van der Waals surface area contributed by atoms with Gasteiger partial charge in [-0.15, -0.1) is 0 Å². The molecule has 0 bridgehead atoms. The van der Waals surface area contributed by atoms with Crippen LogP contribution in [0.4, 0.5) is 5.82 Å². The van der Waals surface area contributed by atoms with Gasteiger partial charge in [0.15, 0.2) is 0 Å². The van der Waals surface area contributed by atoms with Crippen LogP contribution >= 0.6 is 15.9 Å². The summed E-state index contributed by atoms with van der Waals surface area (Å²) in [7, 11) is 0. The van der Waals surface area contributed by atoms with E-state index < -0.39 is 0 Å². The first-order valence-electron chi connectivity index (χ1n) is 7.71. The molecule has 3 rings (SSSR count). The predicted molar refractivity (Wildman–Crippen MR) is 93.6 cm³/mol. The van der Waals surface area contributed by atoms with Crippen molar-refractivity contribution in [1.82, 2.24) is 15.3 Å². The maximum Gasteiger partial charge on any atom is 0.253 e. The number of nitrogens with zero attached hydrogens (tertiary/aromatic N) is 3. The second-order valence-electron chi connectivity index (χ2n) is 5.77. The predicted octanol–water partition coefficient (Wildman–Crippen LogP) is 2.95. The Morgan fingerprint density at radius 1 is 1.35 bits per heavy atom. The Balaban J connectivity index is 1.57. The molecule has 0 aromatic carbocycles. The van der Waals surface area contributed by atoms with Gasteiger partial charge in [-0.25, -0.2) is 4.98 Å². The van der Waals surface area contributed by atoms with Crippen LogP contribution in [-0.4, -0.2) is 35.0 Å². The normalized spacial score (nSPS) is 15.5. The standard InChI is InChI=1S/C17H19BrN4O/c1-12-9-14(18)11-20-16(12)22-7-4-15(5-8-22)21-17(23)13-3-2-6-19-10-13/h2-3,6,9-11,15H,4-5,7-8H2,1H3,(H,21,23). The number of aromatic nitrogens is 2. The maximum absolute atomic E-state index is 12.2. The number of amides is 1. The molecule has 3 heterocycles. The number of hydrogen-bond donors (Lipinski definition) is 1.